The topological polar surface area (TPSA) is 31.4 Å². The molecule has 1 aliphatic heterocycles. The molecule has 4 nitrogen and oxygen atoms in total. The monoisotopic (exact) mass is 294 g/mol. The molecule has 1 aromatic heterocycles. The third-order valence-electron chi connectivity index (χ3n) is 3.88. The molecule has 0 aliphatic carbocycles. The van der Waals surface area contributed by atoms with Crippen molar-refractivity contribution in [3.8, 4) is 0 Å². The number of anilines is 1. The van der Waals surface area contributed by atoms with E-state index in [9.17, 15) is 4.39 Å². The van der Waals surface area contributed by atoms with Gasteiger partial charge in [-0.2, -0.15) is 0 Å². The van der Waals surface area contributed by atoms with Gasteiger partial charge in [0.25, 0.3) is 0 Å². The molecule has 2 rings (SSSR count). The number of pyridine rings is 1. The van der Waals surface area contributed by atoms with Gasteiger partial charge in [0.15, 0.2) is 11.6 Å². The Morgan fingerprint density at radius 2 is 2.24 bits per heavy atom. The Morgan fingerprint density at radius 1 is 1.48 bits per heavy atom. The van der Waals surface area contributed by atoms with Crippen LogP contribution in [0.25, 0.3) is 0 Å². The van der Waals surface area contributed by atoms with Crippen LogP contribution in [-0.4, -0.2) is 49.2 Å². The molecule has 1 fully saturated rings. The molecule has 0 spiro atoms. The van der Waals surface area contributed by atoms with Gasteiger partial charge < -0.3 is 15.1 Å². The Morgan fingerprint density at radius 3 is 2.90 bits per heavy atom. The van der Waals surface area contributed by atoms with Crippen LogP contribution in [0, 0.1) is 5.82 Å². The van der Waals surface area contributed by atoms with Crippen LogP contribution in [0.15, 0.2) is 12.3 Å². The predicted molar refractivity (Wildman–Crippen MR) is 85.1 cm³/mol. The van der Waals surface area contributed by atoms with Gasteiger partial charge in [-0.15, -0.1) is 0 Å². The van der Waals surface area contributed by atoms with Crippen molar-refractivity contribution in [3.63, 3.8) is 0 Å². The van der Waals surface area contributed by atoms with Crippen molar-refractivity contribution in [2.24, 2.45) is 0 Å². The largest absolute Gasteiger partial charge is 0.350 e. The number of likely N-dealkylation sites (N-methyl/N-ethyl adjacent to an activating group) is 1. The van der Waals surface area contributed by atoms with Gasteiger partial charge in [0.2, 0.25) is 0 Å². The van der Waals surface area contributed by atoms with Crippen LogP contribution in [0.2, 0.25) is 0 Å². The highest BCUT2D eigenvalue weighted by Crippen LogP contribution is 2.27. The Labute approximate surface area is 127 Å². The minimum absolute atomic E-state index is 0.170. The lowest BCUT2D eigenvalue weighted by Crippen LogP contribution is -2.38. The van der Waals surface area contributed by atoms with Crippen molar-refractivity contribution in [3.05, 3.63) is 23.6 Å². The van der Waals surface area contributed by atoms with E-state index >= 15 is 0 Å². The summed E-state index contributed by atoms with van der Waals surface area (Å²) < 4.78 is 14.7. The van der Waals surface area contributed by atoms with E-state index in [1.54, 1.807) is 12.3 Å². The summed E-state index contributed by atoms with van der Waals surface area (Å²) in [6.07, 6.45) is 3.93. The van der Waals surface area contributed by atoms with E-state index in [-0.39, 0.29) is 5.82 Å². The van der Waals surface area contributed by atoms with Gasteiger partial charge in [-0.25, -0.2) is 9.37 Å². The lowest BCUT2D eigenvalue weighted by atomic mass is 10.2. The van der Waals surface area contributed by atoms with Gasteiger partial charge in [-0.1, -0.05) is 13.8 Å². The van der Waals surface area contributed by atoms with Crippen LogP contribution in [0.5, 0.6) is 0 Å². The summed E-state index contributed by atoms with van der Waals surface area (Å²) >= 11 is 0. The normalized spacial score (nSPS) is 19.0. The first kappa shape index (κ1) is 16.2. The predicted octanol–water partition coefficient (Wildman–Crippen LogP) is 2.25. The minimum Gasteiger partial charge on any atom is -0.350 e. The molecule has 1 N–H and O–H groups in total. The summed E-state index contributed by atoms with van der Waals surface area (Å²) in [5, 5.41) is 3.27. The maximum atomic E-state index is 14.7. The summed E-state index contributed by atoms with van der Waals surface area (Å²) in [5.41, 5.74) is 0.698. The average molecular weight is 294 g/mol. The van der Waals surface area contributed by atoms with Crippen molar-refractivity contribution in [1.29, 1.82) is 0 Å². The highest BCUT2D eigenvalue weighted by Gasteiger charge is 2.28. The quantitative estimate of drug-likeness (QED) is 0.872. The lowest BCUT2D eigenvalue weighted by Gasteiger charge is -2.28. The average Bonchev–Trinajstić information content (AvgIpc) is 2.84. The molecule has 118 valence electrons. The van der Waals surface area contributed by atoms with Crippen LogP contribution >= 0.6 is 0 Å². The highest BCUT2D eigenvalue weighted by atomic mass is 19.1. The zero-order chi connectivity index (χ0) is 15.4. The summed E-state index contributed by atoms with van der Waals surface area (Å²) in [7, 11) is 4.12. The molecule has 5 heteroatoms. The number of hydrogen-bond acceptors (Lipinski definition) is 4. The van der Waals surface area contributed by atoms with Crippen LogP contribution in [0.1, 0.15) is 32.3 Å². The molecular formula is C16H27FN4. The second kappa shape index (κ2) is 7.18. The van der Waals surface area contributed by atoms with Gasteiger partial charge >= 0.3 is 0 Å². The molecule has 0 radical (unpaired) electrons. The smallest absolute Gasteiger partial charge is 0.170 e. The first-order chi connectivity index (χ1) is 9.99. The van der Waals surface area contributed by atoms with Crippen LogP contribution in [0.4, 0.5) is 10.2 Å². The Bertz CT molecular complexity index is 462. The number of nitrogens with one attached hydrogen (secondary N) is 1. The van der Waals surface area contributed by atoms with Gasteiger partial charge in [0.05, 0.1) is 0 Å². The molecule has 1 aromatic rings. The van der Waals surface area contributed by atoms with E-state index in [4.69, 9.17) is 0 Å². The van der Waals surface area contributed by atoms with Crippen molar-refractivity contribution in [2.45, 2.75) is 45.3 Å². The zero-order valence-corrected chi connectivity index (χ0v) is 13.6. The molecule has 1 aliphatic rings. The van der Waals surface area contributed by atoms with Gasteiger partial charge in [0, 0.05) is 43.5 Å². The van der Waals surface area contributed by atoms with E-state index in [0.29, 0.717) is 30.0 Å². The van der Waals surface area contributed by atoms with Gasteiger partial charge in [-0.05, 0) is 33.0 Å². The third-order valence-corrected chi connectivity index (χ3v) is 3.88. The standard InChI is InChI=1S/C16H27FN4/c1-12(2)19-10-13-7-8-18-16(15(13)17)21-9-5-6-14(21)11-20(3)4/h7-8,12,14,19H,5-6,9-11H2,1-4H3. The van der Waals surface area contributed by atoms with Crippen molar-refractivity contribution >= 4 is 5.82 Å². The molecule has 1 saturated heterocycles. The highest BCUT2D eigenvalue weighted by molar-refractivity contribution is 5.45. The first-order valence-electron chi connectivity index (χ1n) is 7.77. The molecular weight excluding hydrogens is 267 g/mol. The summed E-state index contributed by atoms with van der Waals surface area (Å²) in [6, 6.07) is 2.47. The van der Waals surface area contributed by atoms with Crippen LogP contribution in [0.3, 0.4) is 0 Å². The second-order valence-electron chi connectivity index (χ2n) is 6.39. The molecule has 2 heterocycles. The maximum absolute atomic E-state index is 14.7. The van der Waals surface area contributed by atoms with Gasteiger partial charge in [0.1, 0.15) is 0 Å². The van der Waals surface area contributed by atoms with E-state index < -0.39 is 0 Å². The minimum atomic E-state index is -0.170. The number of halogens is 1. The van der Waals surface area contributed by atoms with E-state index in [1.165, 1.54) is 0 Å². The summed E-state index contributed by atoms with van der Waals surface area (Å²) in [4.78, 5) is 8.60. The lowest BCUT2D eigenvalue weighted by molar-refractivity contribution is 0.370. The van der Waals surface area contributed by atoms with E-state index in [1.807, 2.05) is 0 Å². The molecule has 0 saturated carbocycles. The van der Waals surface area contributed by atoms with Crippen LogP contribution in [-0.2, 0) is 6.54 Å². The van der Waals surface area contributed by atoms with E-state index in [2.05, 4.69) is 48.0 Å². The zero-order valence-electron chi connectivity index (χ0n) is 13.6. The molecule has 0 aromatic carbocycles. The van der Waals surface area contributed by atoms with Crippen molar-refractivity contribution < 1.29 is 4.39 Å². The fourth-order valence-corrected chi connectivity index (χ4v) is 2.85. The van der Waals surface area contributed by atoms with Crippen LogP contribution < -0.4 is 10.2 Å². The number of rotatable bonds is 6. The molecule has 0 bridgehead atoms. The molecule has 21 heavy (non-hydrogen) atoms. The maximum Gasteiger partial charge on any atom is 0.170 e. The summed E-state index contributed by atoms with van der Waals surface area (Å²) in [5.74, 6) is 0.346. The first-order valence-corrected chi connectivity index (χ1v) is 7.77. The Hall–Kier alpha value is -1.20. The number of aromatic nitrogens is 1. The van der Waals surface area contributed by atoms with Gasteiger partial charge in [-0.3, -0.25) is 0 Å². The third kappa shape index (κ3) is 4.14. The molecule has 0 amide bonds. The van der Waals surface area contributed by atoms with Crippen molar-refractivity contribution in [1.82, 2.24) is 15.2 Å². The number of nitrogens with zero attached hydrogens (tertiary/aromatic N) is 3. The molecule has 1 atom stereocenters. The SMILES string of the molecule is CC(C)NCc1ccnc(N2CCCC2CN(C)C)c1F. The Balaban J connectivity index is 2.17. The summed E-state index contributed by atoms with van der Waals surface area (Å²) in [6.45, 7) is 6.51. The van der Waals surface area contributed by atoms with E-state index in [0.717, 1.165) is 25.9 Å². The second-order valence-corrected chi connectivity index (χ2v) is 6.39. The van der Waals surface area contributed by atoms with Crippen molar-refractivity contribution in [2.75, 3.05) is 32.1 Å². The Kier molecular flexibility index (Phi) is 5.53. The number of hydrogen-bond donors (Lipinski definition) is 1. The fourth-order valence-electron chi connectivity index (χ4n) is 2.85. The molecule has 1 unspecified atom stereocenters. The fraction of sp³-hybridized carbons (Fsp3) is 0.688.